The van der Waals surface area contributed by atoms with Gasteiger partial charge in [0.25, 0.3) is 0 Å². The van der Waals surface area contributed by atoms with Gasteiger partial charge in [-0.05, 0) is 42.9 Å². The molecule has 0 bridgehead atoms. The fourth-order valence-electron chi connectivity index (χ4n) is 3.83. The molecule has 0 unspecified atom stereocenters. The van der Waals surface area contributed by atoms with E-state index >= 15 is 0 Å². The molecule has 1 N–H and O–H groups in total. The Morgan fingerprint density at radius 3 is 2.33 bits per heavy atom. The second kappa shape index (κ2) is 6.15. The van der Waals surface area contributed by atoms with Crippen molar-refractivity contribution in [3.05, 3.63) is 0 Å². The van der Waals surface area contributed by atoms with Crippen LogP contribution in [0, 0.1) is 17.3 Å². The molecule has 0 amide bonds. The molecule has 0 aromatic carbocycles. The summed E-state index contributed by atoms with van der Waals surface area (Å²) in [5.74, 6) is 2.92. The van der Waals surface area contributed by atoms with Gasteiger partial charge in [0.05, 0.1) is 0 Å². The average Bonchev–Trinajstić information content (AvgIpc) is 3.34. The minimum atomic E-state index is 0.648. The van der Waals surface area contributed by atoms with Crippen LogP contribution in [-0.4, -0.2) is 62.1 Å². The van der Waals surface area contributed by atoms with Gasteiger partial charge in [-0.1, -0.05) is 13.8 Å². The lowest BCUT2D eigenvalue weighted by molar-refractivity contribution is 0.163. The van der Waals surface area contributed by atoms with E-state index in [1.807, 2.05) is 7.05 Å². The number of piperazine rings is 1. The van der Waals surface area contributed by atoms with E-state index in [9.17, 15) is 0 Å². The lowest BCUT2D eigenvalue weighted by atomic mass is 10.0. The fraction of sp³-hybridized carbons (Fsp3) is 0.941. The molecule has 4 heteroatoms. The van der Waals surface area contributed by atoms with Crippen LogP contribution >= 0.6 is 0 Å². The zero-order valence-electron chi connectivity index (χ0n) is 14.1. The van der Waals surface area contributed by atoms with E-state index in [-0.39, 0.29) is 0 Å². The number of nitrogens with one attached hydrogen (secondary N) is 1. The summed E-state index contributed by atoms with van der Waals surface area (Å²) in [7, 11) is 1.93. The first kappa shape index (κ1) is 15.1. The van der Waals surface area contributed by atoms with Crippen LogP contribution in [-0.2, 0) is 0 Å². The predicted octanol–water partition coefficient (Wildman–Crippen LogP) is 2.03. The number of rotatable bonds is 5. The predicted molar refractivity (Wildman–Crippen MR) is 88.6 cm³/mol. The molecule has 1 heterocycles. The van der Waals surface area contributed by atoms with Gasteiger partial charge in [0.2, 0.25) is 0 Å². The first-order valence-electron chi connectivity index (χ1n) is 8.81. The Bertz CT molecular complexity index is 374. The summed E-state index contributed by atoms with van der Waals surface area (Å²) in [6, 6.07) is 0. The molecule has 2 aliphatic carbocycles. The van der Waals surface area contributed by atoms with E-state index in [0.29, 0.717) is 5.41 Å². The molecule has 3 aliphatic rings. The Morgan fingerprint density at radius 2 is 1.86 bits per heavy atom. The topological polar surface area (TPSA) is 30.9 Å². The summed E-state index contributed by atoms with van der Waals surface area (Å²) in [6.45, 7) is 11.6. The minimum absolute atomic E-state index is 0.648. The molecule has 0 aromatic rings. The number of aliphatic imine (C=N–C) groups is 1. The van der Waals surface area contributed by atoms with Gasteiger partial charge < -0.3 is 10.2 Å². The summed E-state index contributed by atoms with van der Waals surface area (Å²) in [6.07, 6.45) is 5.80. The minimum Gasteiger partial charge on any atom is -0.356 e. The molecule has 3 rings (SSSR count). The molecule has 120 valence electrons. The summed E-state index contributed by atoms with van der Waals surface area (Å²) in [5.41, 5.74) is 0.648. The van der Waals surface area contributed by atoms with E-state index in [1.54, 1.807) is 0 Å². The Hall–Kier alpha value is -0.770. The normalized spacial score (nSPS) is 26.3. The summed E-state index contributed by atoms with van der Waals surface area (Å²) < 4.78 is 0. The summed E-state index contributed by atoms with van der Waals surface area (Å²) >= 11 is 0. The maximum Gasteiger partial charge on any atom is 0.193 e. The number of hydrogen-bond acceptors (Lipinski definition) is 2. The molecule has 0 aromatic heterocycles. The monoisotopic (exact) mass is 292 g/mol. The van der Waals surface area contributed by atoms with Crippen molar-refractivity contribution < 1.29 is 0 Å². The van der Waals surface area contributed by atoms with Crippen LogP contribution in [0.15, 0.2) is 4.99 Å². The largest absolute Gasteiger partial charge is 0.356 e. The van der Waals surface area contributed by atoms with Gasteiger partial charge >= 0.3 is 0 Å². The van der Waals surface area contributed by atoms with Crippen molar-refractivity contribution in [1.29, 1.82) is 0 Å². The zero-order chi connectivity index (χ0) is 14.9. The number of guanidine groups is 1. The molecule has 2 saturated carbocycles. The Labute approximate surface area is 130 Å². The average molecular weight is 292 g/mol. The van der Waals surface area contributed by atoms with E-state index in [0.717, 1.165) is 37.4 Å². The Morgan fingerprint density at radius 1 is 1.19 bits per heavy atom. The van der Waals surface area contributed by atoms with Crippen LogP contribution in [0.25, 0.3) is 0 Å². The van der Waals surface area contributed by atoms with Crippen LogP contribution in [0.2, 0.25) is 0 Å². The van der Waals surface area contributed by atoms with Crippen LogP contribution in [0.5, 0.6) is 0 Å². The van der Waals surface area contributed by atoms with Crippen LogP contribution in [0.4, 0.5) is 0 Å². The van der Waals surface area contributed by atoms with Gasteiger partial charge in [-0.15, -0.1) is 0 Å². The zero-order valence-corrected chi connectivity index (χ0v) is 14.1. The Balaban J connectivity index is 1.44. The smallest absolute Gasteiger partial charge is 0.193 e. The van der Waals surface area contributed by atoms with Gasteiger partial charge in [-0.3, -0.25) is 9.89 Å². The number of nitrogens with zero attached hydrogens (tertiary/aromatic N) is 3. The summed E-state index contributed by atoms with van der Waals surface area (Å²) in [4.78, 5) is 9.55. The highest BCUT2D eigenvalue weighted by Gasteiger charge is 2.53. The van der Waals surface area contributed by atoms with Crippen LogP contribution < -0.4 is 5.32 Å². The van der Waals surface area contributed by atoms with Crippen molar-refractivity contribution in [3.63, 3.8) is 0 Å². The third-order valence-corrected chi connectivity index (χ3v) is 5.44. The van der Waals surface area contributed by atoms with Gasteiger partial charge in [-0.25, -0.2) is 0 Å². The molecular weight excluding hydrogens is 260 g/mol. The molecule has 4 nitrogen and oxygen atoms in total. The Kier molecular flexibility index (Phi) is 4.43. The molecule has 1 saturated heterocycles. The van der Waals surface area contributed by atoms with E-state index in [4.69, 9.17) is 0 Å². The van der Waals surface area contributed by atoms with Crippen molar-refractivity contribution in [3.8, 4) is 0 Å². The first-order chi connectivity index (χ1) is 10.1. The first-order valence-corrected chi connectivity index (χ1v) is 8.81. The van der Waals surface area contributed by atoms with Crippen LogP contribution in [0.1, 0.15) is 39.5 Å². The second-order valence-electron chi connectivity index (χ2n) is 7.72. The van der Waals surface area contributed by atoms with Gasteiger partial charge in [-0.2, -0.15) is 0 Å². The molecule has 3 fully saturated rings. The van der Waals surface area contributed by atoms with Crippen LogP contribution in [0.3, 0.4) is 0 Å². The third-order valence-electron chi connectivity index (χ3n) is 5.44. The molecular formula is C17H32N4. The quantitative estimate of drug-likeness (QED) is 0.621. The highest BCUT2D eigenvalue weighted by Crippen LogP contribution is 2.60. The molecule has 0 radical (unpaired) electrons. The third kappa shape index (κ3) is 3.71. The highest BCUT2D eigenvalue weighted by atomic mass is 15.3. The maximum absolute atomic E-state index is 4.52. The molecule has 1 aliphatic heterocycles. The fourth-order valence-corrected chi connectivity index (χ4v) is 3.83. The van der Waals surface area contributed by atoms with Crippen molar-refractivity contribution in [1.82, 2.24) is 15.1 Å². The van der Waals surface area contributed by atoms with Crippen molar-refractivity contribution in [2.24, 2.45) is 22.2 Å². The van der Waals surface area contributed by atoms with E-state index in [2.05, 4.69) is 34.0 Å². The summed E-state index contributed by atoms with van der Waals surface area (Å²) in [5, 5.41) is 3.68. The lowest BCUT2D eigenvalue weighted by Crippen LogP contribution is -2.53. The second-order valence-corrected chi connectivity index (χ2v) is 7.72. The van der Waals surface area contributed by atoms with Crippen molar-refractivity contribution in [2.45, 2.75) is 39.5 Å². The SMILES string of the molecule is CN=C(NCC1(C2CC2)CC1)N1CCN(CC(C)C)CC1. The highest BCUT2D eigenvalue weighted by molar-refractivity contribution is 5.80. The maximum atomic E-state index is 4.52. The van der Waals surface area contributed by atoms with E-state index in [1.165, 1.54) is 45.3 Å². The van der Waals surface area contributed by atoms with Gasteiger partial charge in [0.1, 0.15) is 0 Å². The van der Waals surface area contributed by atoms with E-state index < -0.39 is 0 Å². The van der Waals surface area contributed by atoms with Gasteiger partial charge in [0.15, 0.2) is 5.96 Å². The molecule has 21 heavy (non-hydrogen) atoms. The number of hydrogen-bond donors (Lipinski definition) is 1. The lowest BCUT2D eigenvalue weighted by Gasteiger charge is -2.37. The molecule has 0 spiro atoms. The van der Waals surface area contributed by atoms with Gasteiger partial charge in [0, 0.05) is 46.3 Å². The molecule has 0 atom stereocenters. The van der Waals surface area contributed by atoms with Crippen molar-refractivity contribution >= 4 is 5.96 Å². The standard InChI is InChI=1S/C17H32N4/c1-14(2)12-20-8-10-21(11-9-20)16(18-3)19-13-17(6-7-17)15-4-5-15/h14-15H,4-13H2,1-3H3,(H,18,19). The van der Waals surface area contributed by atoms with Crippen molar-refractivity contribution in [2.75, 3.05) is 46.3 Å².